The van der Waals surface area contributed by atoms with E-state index < -0.39 is 5.82 Å². The molecule has 2 aromatic rings. The molecular weight excluding hydrogens is 281 g/mol. The molecule has 3 rings (SSSR count). The van der Waals surface area contributed by atoms with Crippen LogP contribution in [0.25, 0.3) is 0 Å². The van der Waals surface area contributed by atoms with Crippen LogP contribution in [0, 0.1) is 5.82 Å². The topological polar surface area (TPSA) is 30.5 Å². The van der Waals surface area contributed by atoms with E-state index in [0.29, 0.717) is 13.1 Å². The van der Waals surface area contributed by atoms with E-state index in [1.54, 1.807) is 12.1 Å². The zero-order valence-electron chi connectivity index (χ0n) is 10.7. The summed E-state index contributed by atoms with van der Waals surface area (Å²) >= 11 is 5.91. The number of hydrogen-bond acceptors (Lipinski definition) is 3. The second kappa shape index (κ2) is 5.69. The highest BCUT2D eigenvalue weighted by Crippen LogP contribution is 2.35. The molecule has 3 nitrogen and oxygen atoms in total. The van der Waals surface area contributed by atoms with Crippen LogP contribution in [-0.4, -0.2) is 6.79 Å². The number of benzene rings is 2. The summed E-state index contributed by atoms with van der Waals surface area (Å²) in [4.78, 5) is 0. The second-order valence-electron chi connectivity index (χ2n) is 4.47. The summed E-state index contributed by atoms with van der Waals surface area (Å²) in [7, 11) is 0. The Hall–Kier alpha value is -1.78. The lowest BCUT2D eigenvalue weighted by atomic mass is 10.1. The Morgan fingerprint density at radius 2 is 1.80 bits per heavy atom. The van der Waals surface area contributed by atoms with E-state index in [0.717, 1.165) is 22.6 Å². The molecule has 0 saturated heterocycles. The van der Waals surface area contributed by atoms with E-state index in [1.807, 2.05) is 18.2 Å². The molecule has 2 aromatic carbocycles. The fourth-order valence-electron chi connectivity index (χ4n) is 2.15. The van der Waals surface area contributed by atoms with Crippen LogP contribution in [0.3, 0.4) is 0 Å². The van der Waals surface area contributed by atoms with Crippen molar-refractivity contribution in [3.05, 3.63) is 58.4 Å². The summed E-state index contributed by atoms with van der Waals surface area (Å²) < 4.78 is 24.1. The predicted octanol–water partition coefficient (Wildman–Crippen LogP) is 3.50. The minimum Gasteiger partial charge on any atom is -0.454 e. The van der Waals surface area contributed by atoms with E-state index >= 15 is 0 Å². The Morgan fingerprint density at radius 1 is 1.05 bits per heavy atom. The van der Waals surface area contributed by atoms with E-state index in [1.165, 1.54) is 6.07 Å². The largest absolute Gasteiger partial charge is 0.454 e. The van der Waals surface area contributed by atoms with Crippen molar-refractivity contribution in [1.82, 2.24) is 5.32 Å². The van der Waals surface area contributed by atoms with Crippen LogP contribution in [-0.2, 0) is 13.1 Å². The van der Waals surface area contributed by atoms with Crippen LogP contribution < -0.4 is 14.8 Å². The number of hydrogen-bond donors (Lipinski definition) is 1. The molecule has 0 fully saturated rings. The lowest BCUT2D eigenvalue weighted by molar-refractivity contribution is 0.173. The molecule has 1 N–H and O–H groups in total. The average Bonchev–Trinajstić information content (AvgIpc) is 2.93. The lowest BCUT2D eigenvalue weighted by Gasteiger charge is -2.09. The van der Waals surface area contributed by atoms with Crippen molar-refractivity contribution < 1.29 is 13.9 Å². The van der Waals surface area contributed by atoms with Crippen molar-refractivity contribution in [2.75, 3.05) is 6.79 Å². The average molecular weight is 294 g/mol. The monoisotopic (exact) mass is 293 g/mol. The molecule has 0 radical (unpaired) electrons. The van der Waals surface area contributed by atoms with E-state index in [9.17, 15) is 4.39 Å². The maximum Gasteiger partial charge on any atom is 0.231 e. The van der Waals surface area contributed by atoms with Crippen molar-refractivity contribution in [2.45, 2.75) is 13.1 Å². The van der Waals surface area contributed by atoms with E-state index in [4.69, 9.17) is 21.1 Å². The summed E-state index contributed by atoms with van der Waals surface area (Å²) in [5.41, 5.74) is 1.74. The molecule has 5 heteroatoms. The van der Waals surface area contributed by atoms with Gasteiger partial charge in [-0.05, 0) is 17.7 Å². The zero-order chi connectivity index (χ0) is 13.9. The fraction of sp³-hybridized carbons (Fsp3) is 0.200. The third-order valence-corrected chi connectivity index (χ3v) is 3.56. The first kappa shape index (κ1) is 13.2. The van der Waals surface area contributed by atoms with Crippen LogP contribution in [0.4, 0.5) is 4.39 Å². The summed E-state index contributed by atoms with van der Waals surface area (Å²) in [6, 6.07) is 10.5. The fourth-order valence-corrected chi connectivity index (χ4v) is 2.34. The summed E-state index contributed by atoms with van der Waals surface area (Å²) in [5.74, 6) is 1.13. The molecular formula is C15H13ClFNO2. The number of rotatable bonds is 4. The van der Waals surface area contributed by atoms with Crippen LogP contribution in [0.5, 0.6) is 11.5 Å². The molecule has 0 amide bonds. The molecule has 1 aliphatic rings. The van der Waals surface area contributed by atoms with Gasteiger partial charge in [-0.3, -0.25) is 0 Å². The highest BCUT2D eigenvalue weighted by atomic mass is 35.5. The Bertz CT molecular complexity index is 633. The third-order valence-electron chi connectivity index (χ3n) is 3.14. The molecule has 0 saturated carbocycles. The number of halogens is 2. The van der Waals surface area contributed by atoms with E-state index in [-0.39, 0.29) is 11.8 Å². The Labute approximate surface area is 121 Å². The van der Waals surface area contributed by atoms with Gasteiger partial charge in [0.15, 0.2) is 11.5 Å². The van der Waals surface area contributed by atoms with Crippen molar-refractivity contribution in [3.8, 4) is 11.5 Å². The quantitative estimate of drug-likeness (QED) is 0.936. The summed E-state index contributed by atoms with van der Waals surface area (Å²) in [6.45, 7) is 1.34. The van der Waals surface area contributed by atoms with Crippen LogP contribution in [0.15, 0.2) is 36.4 Å². The van der Waals surface area contributed by atoms with Crippen molar-refractivity contribution >= 4 is 11.6 Å². The van der Waals surface area contributed by atoms with Crippen molar-refractivity contribution in [2.24, 2.45) is 0 Å². The molecule has 0 aromatic heterocycles. The Kier molecular flexibility index (Phi) is 3.76. The molecule has 0 atom stereocenters. The minimum atomic E-state index is -0.400. The van der Waals surface area contributed by atoms with Gasteiger partial charge < -0.3 is 14.8 Å². The Morgan fingerprint density at radius 3 is 2.70 bits per heavy atom. The van der Waals surface area contributed by atoms with Crippen molar-refractivity contribution in [1.29, 1.82) is 0 Å². The summed E-state index contributed by atoms with van der Waals surface area (Å²) in [6.07, 6.45) is 0. The molecule has 1 aliphatic heterocycles. The van der Waals surface area contributed by atoms with Crippen molar-refractivity contribution in [3.63, 3.8) is 0 Å². The van der Waals surface area contributed by atoms with Gasteiger partial charge in [0, 0.05) is 18.7 Å². The molecule has 0 spiro atoms. The smallest absolute Gasteiger partial charge is 0.231 e. The Balaban J connectivity index is 1.66. The molecule has 20 heavy (non-hydrogen) atoms. The molecule has 0 unspecified atom stereocenters. The predicted molar refractivity (Wildman–Crippen MR) is 74.5 cm³/mol. The van der Waals surface area contributed by atoms with Crippen LogP contribution in [0.1, 0.15) is 11.1 Å². The van der Waals surface area contributed by atoms with Gasteiger partial charge in [-0.1, -0.05) is 35.9 Å². The van der Waals surface area contributed by atoms with Gasteiger partial charge in [0.05, 0.1) is 5.02 Å². The SMILES string of the molecule is Fc1cccc(CNCc2cccc3c2OCO3)c1Cl. The van der Waals surface area contributed by atoms with Gasteiger partial charge in [-0.15, -0.1) is 0 Å². The lowest BCUT2D eigenvalue weighted by Crippen LogP contribution is -2.13. The maximum atomic E-state index is 13.3. The number of para-hydroxylation sites is 1. The van der Waals surface area contributed by atoms with Gasteiger partial charge in [0.25, 0.3) is 0 Å². The molecule has 0 aliphatic carbocycles. The highest BCUT2D eigenvalue weighted by molar-refractivity contribution is 6.31. The number of ether oxygens (including phenoxy) is 2. The minimum absolute atomic E-state index is 0.165. The first-order valence-electron chi connectivity index (χ1n) is 6.27. The van der Waals surface area contributed by atoms with E-state index in [2.05, 4.69) is 5.32 Å². The van der Waals surface area contributed by atoms with Gasteiger partial charge in [-0.2, -0.15) is 0 Å². The standard InChI is InChI=1S/C15H13ClFNO2/c16-14-10(3-1-5-12(14)17)7-18-8-11-4-2-6-13-15(11)20-9-19-13/h1-6,18H,7-9H2. The van der Waals surface area contributed by atoms with Gasteiger partial charge in [-0.25, -0.2) is 4.39 Å². The maximum absolute atomic E-state index is 13.3. The van der Waals surface area contributed by atoms with Gasteiger partial charge in [0.2, 0.25) is 6.79 Å². The normalized spacial score (nSPS) is 12.7. The number of fused-ring (bicyclic) bond motifs is 1. The highest BCUT2D eigenvalue weighted by Gasteiger charge is 2.16. The zero-order valence-corrected chi connectivity index (χ0v) is 11.4. The van der Waals surface area contributed by atoms with Crippen LogP contribution in [0.2, 0.25) is 5.02 Å². The van der Waals surface area contributed by atoms with Gasteiger partial charge in [0.1, 0.15) is 5.82 Å². The molecule has 104 valence electrons. The molecule has 1 heterocycles. The summed E-state index contributed by atoms with van der Waals surface area (Å²) in [5, 5.41) is 3.39. The van der Waals surface area contributed by atoms with Crippen LogP contribution >= 0.6 is 11.6 Å². The second-order valence-corrected chi connectivity index (χ2v) is 4.85. The third kappa shape index (κ3) is 2.57. The first-order valence-corrected chi connectivity index (χ1v) is 6.64. The number of nitrogens with one attached hydrogen (secondary N) is 1. The van der Waals surface area contributed by atoms with Gasteiger partial charge >= 0.3 is 0 Å². The molecule has 0 bridgehead atoms. The first-order chi connectivity index (χ1) is 9.75.